The van der Waals surface area contributed by atoms with Crippen LogP contribution in [0.3, 0.4) is 0 Å². The Bertz CT molecular complexity index is 920. The first-order valence-electron chi connectivity index (χ1n) is 10.0. The molecule has 0 saturated carbocycles. The highest BCUT2D eigenvalue weighted by Crippen LogP contribution is 2.29. The van der Waals surface area contributed by atoms with Gasteiger partial charge in [0, 0.05) is 48.8 Å². The summed E-state index contributed by atoms with van der Waals surface area (Å²) in [5.74, 6) is 0. The average molecular weight is 456 g/mol. The topological polar surface area (TPSA) is 62.7 Å². The molecule has 2 fully saturated rings. The van der Waals surface area contributed by atoms with Crippen LogP contribution in [0.15, 0.2) is 34.7 Å². The molecule has 0 aliphatic carbocycles. The summed E-state index contributed by atoms with van der Waals surface area (Å²) in [7, 11) is -3.50. The number of hydrogen-bond donors (Lipinski definition) is 0. The van der Waals surface area contributed by atoms with Crippen LogP contribution in [0.1, 0.15) is 31.2 Å². The van der Waals surface area contributed by atoms with Gasteiger partial charge in [-0.05, 0) is 50.3 Å². The van der Waals surface area contributed by atoms with Crippen molar-refractivity contribution >= 4 is 33.0 Å². The summed E-state index contributed by atoms with van der Waals surface area (Å²) in [6, 6.07) is 5.51. The van der Waals surface area contributed by atoms with Crippen LogP contribution in [0.5, 0.6) is 5.19 Å². The van der Waals surface area contributed by atoms with Crippen LogP contribution >= 0.6 is 22.9 Å². The van der Waals surface area contributed by atoms with Crippen molar-refractivity contribution < 1.29 is 13.2 Å². The zero-order chi connectivity index (χ0) is 20.4. The molecule has 1 aromatic carbocycles. The fraction of sp³-hybridized carbons (Fsp3) is 0.550. The van der Waals surface area contributed by atoms with Crippen molar-refractivity contribution in [2.24, 2.45) is 0 Å². The second-order valence-electron chi connectivity index (χ2n) is 7.65. The third-order valence-corrected chi connectivity index (χ3v) is 9.04. The van der Waals surface area contributed by atoms with Gasteiger partial charge in [-0.3, -0.25) is 0 Å². The zero-order valence-electron chi connectivity index (χ0n) is 16.5. The van der Waals surface area contributed by atoms with Crippen molar-refractivity contribution in [2.75, 3.05) is 26.2 Å². The molecule has 2 aliphatic heterocycles. The molecule has 1 aromatic heterocycles. The first kappa shape index (κ1) is 21.1. The van der Waals surface area contributed by atoms with Gasteiger partial charge in [-0.2, -0.15) is 4.31 Å². The van der Waals surface area contributed by atoms with Gasteiger partial charge in [0.15, 0.2) is 0 Å². The highest BCUT2D eigenvalue weighted by molar-refractivity contribution is 7.89. The molecule has 3 heterocycles. The van der Waals surface area contributed by atoms with Crippen LogP contribution in [-0.2, 0) is 10.0 Å². The molecule has 0 bridgehead atoms. The van der Waals surface area contributed by atoms with E-state index in [1.165, 1.54) is 11.3 Å². The maximum absolute atomic E-state index is 13.1. The summed E-state index contributed by atoms with van der Waals surface area (Å²) in [6.07, 6.45) is 5.68. The molecule has 9 heteroatoms. The molecule has 0 unspecified atom stereocenters. The predicted octanol–water partition coefficient (Wildman–Crippen LogP) is 3.80. The fourth-order valence-electron chi connectivity index (χ4n) is 4.22. The van der Waals surface area contributed by atoms with E-state index in [9.17, 15) is 8.42 Å². The van der Waals surface area contributed by atoms with Crippen LogP contribution in [-0.4, -0.2) is 60.9 Å². The lowest BCUT2D eigenvalue weighted by atomic mass is 10.00. The largest absolute Gasteiger partial charge is 0.467 e. The third kappa shape index (κ3) is 4.61. The Morgan fingerprint density at radius 2 is 1.86 bits per heavy atom. The lowest BCUT2D eigenvalue weighted by molar-refractivity contribution is 0.0584. The van der Waals surface area contributed by atoms with Crippen LogP contribution in [0, 0.1) is 6.92 Å². The summed E-state index contributed by atoms with van der Waals surface area (Å²) >= 11 is 7.67. The number of aromatic nitrogens is 1. The number of ether oxygens (including phenoxy) is 1. The van der Waals surface area contributed by atoms with E-state index < -0.39 is 10.0 Å². The van der Waals surface area contributed by atoms with E-state index in [2.05, 4.69) is 9.88 Å². The van der Waals surface area contributed by atoms with Gasteiger partial charge in [0.2, 0.25) is 10.0 Å². The molecule has 0 N–H and O–H groups in total. The van der Waals surface area contributed by atoms with Crippen LogP contribution in [0.2, 0.25) is 5.02 Å². The summed E-state index contributed by atoms with van der Waals surface area (Å²) in [5, 5.41) is 3.17. The second kappa shape index (κ2) is 8.89. The SMILES string of the molecule is Cc1c(Cl)cccc1S(=O)(=O)N1CCC(N2CCC(Oc3nccs3)CC2)CC1. The molecule has 2 saturated heterocycles. The summed E-state index contributed by atoms with van der Waals surface area (Å²) in [5.41, 5.74) is 0.624. The van der Waals surface area contributed by atoms with Gasteiger partial charge in [-0.1, -0.05) is 29.0 Å². The smallest absolute Gasteiger partial charge is 0.273 e. The Hall–Kier alpha value is -1.19. The quantitative estimate of drug-likeness (QED) is 0.686. The molecule has 0 radical (unpaired) electrons. The normalized spacial score (nSPS) is 20.8. The van der Waals surface area contributed by atoms with Gasteiger partial charge in [0.05, 0.1) is 4.90 Å². The van der Waals surface area contributed by atoms with E-state index >= 15 is 0 Å². The number of piperidine rings is 2. The van der Waals surface area contributed by atoms with E-state index in [1.807, 2.05) is 5.38 Å². The standard InChI is InChI=1S/C20H26ClN3O3S2/c1-15-18(21)3-2-4-19(15)29(25,26)24-12-5-16(6-13-24)23-10-7-17(8-11-23)27-20-22-9-14-28-20/h2-4,9,14,16-17H,5-8,10-13H2,1H3. The molecule has 158 valence electrons. The van der Waals surface area contributed by atoms with E-state index in [1.54, 1.807) is 35.6 Å². The highest BCUT2D eigenvalue weighted by atomic mass is 35.5. The summed E-state index contributed by atoms with van der Waals surface area (Å²) in [4.78, 5) is 7.02. The van der Waals surface area contributed by atoms with Crippen molar-refractivity contribution in [3.05, 3.63) is 40.4 Å². The lowest BCUT2D eigenvalue weighted by Crippen LogP contribution is -2.50. The molecule has 0 amide bonds. The molecule has 0 spiro atoms. The predicted molar refractivity (Wildman–Crippen MR) is 115 cm³/mol. The molecule has 2 aliphatic rings. The molecular weight excluding hydrogens is 430 g/mol. The van der Waals surface area contributed by atoms with Gasteiger partial charge in [-0.25, -0.2) is 13.4 Å². The number of halogens is 1. The molecule has 0 atom stereocenters. The van der Waals surface area contributed by atoms with Crippen molar-refractivity contribution in [3.63, 3.8) is 0 Å². The first-order valence-corrected chi connectivity index (χ1v) is 12.7. The Morgan fingerprint density at radius 3 is 2.52 bits per heavy atom. The van der Waals surface area contributed by atoms with Gasteiger partial charge >= 0.3 is 0 Å². The average Bonchev–Trinajstić information content (AvgIpc) is 3.24. The number of thiazole rings is 1. The maximum atomic E-state index is 13.1. The van der Waals surface area contributed by atoms with Gasteiger partial charge in [0.1, 0.15) is 6.10 Å². The Kier molecular flexibility index (Phi) is 6.46. The number of nitrogens with zero attached hydrogens (tertiary/aromatic N) is 3. The van der Waals surface area contributed by atoms with Crippen LogP contribution < -0.4 is 4.74 Å². The number of sulfonamides is 1. The summed E-state index contributed by atoms with van der Waals surface area (Å²) in [6.45, 7) is 4.84. The molecule has 2 aromatic rings. The third-order valence-electron chi connectivity index (χ3n) is 5.93. The highest BCUT2D eigenvalue weighted by Gasteiger charge is 2.34. The molecule has 4 rings (SSSR count). The molecular formula is C20H26ClN3O3S2. The molecule has 6 nitrogen and oxygen atoms in total. The Balaban J connectivity index is 1.31. The van der Waals surface area contributed by atoms with Crippen molar-refractivity contribution in [2.45, 2.75) is 49.6 Å². The number of rotatable bonds is 5. The first-order chi connectivity index (χ1) is 13.9. The van der Waals surface area contributed by atoms with Crippen LogP contribution in [0.4, 0.5) is 0 Å². The van der Waals surface area contributed by atoms with Crippen molar-refractivity contribution in [1.82, 2.24) is 14.2 Å². The maximum Gasteiger partial charge on any atom is 0.273 e. The van der Waals surface area contributed by atoms with Crippen LogP contribution in [0.25, 0.3) is 0 Å². The lowest BCUT2D eigenvalue weighted by Gasteiger charge is -2.41. The zero-order valence-corrected chi connectivity index (χ0v) is 18.8. The fourth-order valence-corrected chi connectivity index (χ4v) is 6.72. The second-order valence-corrected chi connectivity index (χ2v) is 10.8. The number of hydrogen-bond acceptors (Lipinski definition) is 6. The van der Waals surface area contributed by atoms with Crippen molar-refractivity contribution in [3.8, 4) is 5.19 Å². The summed E-state index contributed by atoms with van der Waals surface area (Å²) < 4.78 is 33.7. The van der Waals surface area contributed by atoms with E-state index in [0.717, 1.165) is 44.0 Å². The molecule has 29 heavy (non-hydrogen) atoms. The van der Waals surface area contributed by atoms with E-state index in [4.69, 9.17) is 16.3 Å². The minimum Gasteiger partial charge on any atom is -0.467 e. The number of likely N-dealkylation sites (tertiary alicyclic amines) is 1. The number of benzene rings is 1. The minimum atomic E-state index is -3.50. The van der Waals surface area contributed by atoms with Gasteiger partial charge in [-0.15, -0.1) is 0 Å². The van der Waals surface area contributed by atoms with Gasteiger partial charge in [0.25, 0.3) is 5.19 Å². The van der Waals surface area contributed by atoms with E-state index in [-0.39, 0.29) is 6.10 Å². The van der Waals surface area contributed by atoms with Gasteiger partial charge < -0.3 is 9.64 Å². The van der Waals surface area contributed by atoms with Crippen molar-refractivity contribution in [1.29, 1.82) is 0 Å². The monoisotopic (exact) mass is 455 g/mol. The minimum absolute atomic E-state index is 0.226. The Morgan fingerprint density at radius 1 is 1.14 bits per heavy atom. The Labute approximate surface area is 181 Å². The van der Waals surface area contributed by atoms with E-state index in [0.29, 0.717) is 34.6 Å².